The smallest absolute Gasteiger partial charge is 0.337 e. The van der Waals surface area contributed by atoms with Crippen LogP contribution in [0, 0.1) is 0 Å². The van der Waals surface area contributed by atoms with E-state index >= 15 is 0 Å². The van der Waals surface area contributed by atoms with Crippen LogP contribution in [0.2, 0.25) is 0 Å². The zero-order chi connectivity index (χ0) is 15.0. The van der Waals surface area contributed by atoms with Crippen LogP contribution in [-0.2, 0) is 9.47 Å². The van der Waals surface area contributed by atoms with E-state index in [9.17, 15) is 9.59 Å². The van der Waals surface area contributed by atoms with Gasteiger partial charge in [0, 0.05) is 18.7 Å². The highest BCUT2D eigenvalue weighted by molar-refractivity contribution is 5.97. The molecule has 0 aliphatic heterocycles. The van der Waals surface area contributed by atoms with E-state index in [0.29, 0.717) is 24.3 Å². The van der Waals surface area contributed by atoms with Crippen LogP contribution in [0.25, 0.3) is 0 Å². The summed E-state index contributed by atoms with van der Waals surface area (Å²) in [5, 5.41) is 2.79. The molecule has 110 valence electrons. The van der Waals surface area contributed by atoms with Crippen molar-refractivity contribution in [1.82, 2.24) is 5.32 Å². The van der Waals surface area contributed by atoms with Crippen molar-refractivity contribution in [2.24, 2.45) is 0 Å². The molecule has 1 rings (SSSR count). The second-order valence-corrected chi connectivity index (χ2v) is 4.60. The first-order valence-electron chi connectivity index (χ1n) is 6.62. The molecule has 5 heteroatoms. The normalized spacial score (nSPS) is 10.4. The fourth-order valence-electron chi connectivity index (χ4n) is 1.60. The Labute approximate surface area is 119 Å². The molecule has 0 fully saturated rings. The van der Waals surface area contributed by atoms with Crippen LogP contribution in [-0.4, -0.2) is 38.2 Å². The van der Waals surface area contributed by atoms with Gasteiger partial charge in [0.1, 0.15) is 0 Å². The second-order valence-electron chi connectivity index (χ2n) is 4.60. The molecule has 1 aromatic rings. The van der Waals surface area contributed by atoms with E-state index < -0.39 is 5.97 Å². The first-order chi connectivity index (χ1) is 9.54. The van der Waals surface area contributed by atoms with Gasteiger partial charge < -0.3 is 14.8 Å². The molecule has 0 radical (unpaired) electrons. The molecule has 0 atom stereocenters. The zero-order valence-electron chi connectivity index (χ0n) is 12.1. The van der Waals surface area contributed by atoms with Crippen LogP contribution in [0.1, 0.15) is 41.0 Å². The predicted octanol–water partition coefficient (Wildman–Crippen LogP) is 2.02. The van der Waals surface area contributed by atoms with Crippen molar-refractivity contribution in [2.75, 3.05) is 20.3 Å². The van der Waals surface area contributed by atoms with Crippen molar-refractivity contribution in [2.45, 2.75) is 26.4 Å². The van der Waals surface area contributed by atoms with Gasteiger partial charge in [-0.15, -0.1) is 0 Å². The van der Waals surface area contributed by atoms with E-state index in [2.05, 4.69) is 10.1 Å². The fourth-order valence-corrected chi connectivity index (χ4v) is 1.60. The molecule has 0 heterocycles. The Balaban J connectivity index is 2.45. The number of carbonyl (C=O) groups is 2. The predicted molar refractivity (Wildman–Crippen MR) is 75.8 cm³/mol. The number of nitrogens with one attached hydrogen (secondary N) is 1. The molecular weight excluding hydrogens is 258 g/mol. The molecule has 0 aromatic heterocycles. The molecule has 0 aliphatic rings. The molecule has 0 spiro atoms. The minimum Gasteiger partial charge on any atom is -0.465 e. The Hall–Kier alpha value is -1.88. The third kappa shape index (κ3) is 5.40. The zero-order valence-corrected chi connectivity index (χ0v) is 12.1. The molecule has 5 nitrogen and oxygen atoms in total. The van der Waals surface area contributed by atoms with Gasteiger partial charge in [0.25, 0.3) is 5.91 Å². The summed E-state index contributed by atoms with van der Waals surface area (Å²) in [5.41, 5.74) is 0.806. The van der Waals surface area contributed by atoms with Gasteiger partial charge in [-0.1, -0.05) is 6.07 Å². The fraction of sp³-hybridized carbons (Fsp3) is 0.467. The summed E-state index contributed by atoms with van der Waals surface area (Å²) in [4.78, 5) is 23.3. The number of benzene rings is 1. The molecule has 0 saturated carbocycles. The van der Waals surface area contributed by atoms with Crippen LogP contribution in [0.3, 0.4) is 0 Å². The van der Waals surface area contributed by atoms with Crippen LogP contribution in [0.15, 0.2) is 24.3 Å². The Morgan fingerprint density at radius 2 is 1.95 bits per heavy atom. The molecule has 0 saturated heterocycles. The summed E-state index contributed by atoms with van der Waals surface area (Å²) in [6, 6.07) is 6.44. The second kappa shape index (κ2) is 8.32. The van der Waals surface area contributed by atoms with E-state index in [-0.39, 0.29) is 12.0 Å². The minimum atomic E-state index is -0.454. The molecular formula is C15H21NO4. The van der Waals surface area contributed by atoms with Gasteiger partial charge in [-0.3, -0.25) is 4.79 Å². The van der Waals surface area contributed by atoms with Crippen molar-refractivity contribution in [1.29, 1.82) is 0 Å². The van der Waals surface area contributed by atoms with Crippen molar-refractivity contribution in [3.63, 3.8) is 0 Å². The van der Waals surface area contributed by atoms with Crippen molar-refractivity contribution >= 4 is 11.9 Å². The lowest BCUT2D eigenvalue weighted by molar-refractivity contribution is 0.0600. The number of rotatable bonds is 7. The van der Waals surface area contributed by atoms with E-state index in [1.54, 1.807) is 18.2 Å². The number of amides is 1. The highest BCUT2D eigenvalue weighted by Gasteiger charge is 2.10. The molecule has 1 N–H and O–H groups in total. The molecule has 0 unspecified atom stereocenters. The van der Waals surface area contributed by atoms with Crippen LogP contribution in [0.4, 0.5) is 0 Å². The van der Waals surface area contributed by atoms with Gasteiger partial charge in [0.15, 0.2) is 0 Å². The molecule has 0 aliphatic carbocycles. The highest BCUT2D eigenvalue weighted by atomic mass is 16.5. The van der Waals surface area contributed by atoms with Crippen molar-refractivity contribution in [3.8, 4) is 0 Å². The molecule has 0 bridgehead atoms. The number of ether oxygens (including phenoxy) is 2. The first-order valence-corrected chi connectivity index (χ1v) is 6.62. The third-order valence-electron chi connectivity index (χ3n) is 2.60. The SMILES string of the molecule is COC(=O)c1cccc(C(=O)NCCCOC(C)C)c1. The van der Waals surface area contributed by atoms with E-state index in [1.807, 2.05) is 13.8 Å². The summed E-state index contributed by atoms with van der Waals surface area (Å²) < 4.78 is 10.0. The Morgan fingerprint density at radius 1 is 1.25 bits per heavy atom. The van der Waals surface area contributed by atoms with Crippen LogP contribution < -0.4 is 5.32 Å². The van der Waals surface area contributed by atoms with Gasteiger partial charge in [-0.2, -0.15) is 0 Å². The first kappa shape index (κ1) is 16.2. The number of hydrogen-bond donors (Lipinski definition) is 1. The summed E-state index contributed by atoms with van der Waals surface area (Å²) in [5.74, 6) is -0.662. The molecule has 20 heavy (non-hydrogen) atoms. The Kier molecular flexibility index (Phi) is 6.73. The summed E-state index contributed by atoms with van der Waals surface area (Å²) in [6.07, 6.45) is 0.947. The van der Waals surface area contributed by atoms with E-state index in [4.69, 9.17) is 4.74 Å². The lowest BCUT2D eigenvalue weighted by Crippen LogP contribution is -2.25. The third-order valence-corrected chi connectivity index (χ3v) is 2.60. The van der Waals surface area contributed by atoms with E-state index in [1.165, 1.54) is 13.2 Å². The maximum absolute atomic E-state index is 11.9. The number of esters is 1. The average molecular weight is 279 g/mol. The van der Waals surface area contributed by atoms with Gasteiger partial charge >= 0.3 is 5.97 Å². The molecule has 1 aromatic carbocycles. The summed E-state index contributed by atoms with van der Waals surface area (Å²) in [6.45, 7) is 5.09. The standard InChI is InChI=1S/C15H21NO4/c1-11(2)20-9-5-8-16-14(17)12-6-4-7-13(10-12)15(18)19-3/h4,6-7,10-11H,5,8-9H2,1-3H3,(H,16,17). The van der Waals surface area contributed by atoms with Gasteiger partial charge in [-0.05, 0) is 38.5 Å². The quantitative estimate of drug-likeness (QED) is 0.612. The lowest BCUT2D eigenvalue weighted by atomic mass is 10.1. The Bertz CT molecular complexity index is 457. The van der Waals surface area contributed by atoms with E-state index in [0.717, 1.165) is 6.42 Å². The number of carbonyl (C=O) groups excluding carboxylic acids is 2. The van der Waals surface area contributed by atoms with Gasteiger partial charge in [0.05, 0.1) is 18.8 Å². The maximum Gasteiger partial charge on any atom is 0.337 e. The Morgan fingerprint density at radius 3 is 2.60 bits per heavy atom. The largest absolute Gasteiger partial charge is 0.465 e. The van der Waals surface area contributed by atoms with Crippen molar-refractivity contribution < 1.29 is 19.1 Å². The summed E-state index contributed by atoms with van der Waals surface area (Å²) in [7, 11) is 1.31. The average Bonchev–Trinajstić information content (AvgIpc) is 2.45. The lowest BCUT2D eigenvalue weighted by Gasteiger charge is -2.08. The summed E-state index contributed by atoms with van der Waals surface area (Å²) >= 11 is 0. The minimum absolute atomic E-state index is 0.197. The van der Waals surface area contributed by atoms with Crippen LogP contribution in [0.5, 0.6) is 0 Å². The number of methoxy groups -OCH3 is 1. The maximum atomic E-state index is 11.9. The molecule has 1 amide bonds. The monoisotopic (exact) mass is 279 g/mol. The van der Waals surface area contributed by atoms with Gasteiger partial charge in [0.2, 0.25) is 0 Å². The van der Waals surface area contributed by atoms with Gasteiger partial charge in [-0.25, -0.2) is 4.79 Å². The topological polar surface area (TPSA) is 64.6 Å². The van der Waals surface area contributed by atoms with Crippen molar-refractivity contribution in [3.05, 3.63) is 35.4 Å². The highest BCUT2D eigenvalue weighted by Crippen LogP contribution is 2.06. The van der Waals surface area contributed by atoms with Crippen LogP contribution >= 0.6 is 0 Å². The number of hydrogen-bond acceptors (Lipinski definition) is 4.